The molecule has 7 aromatic rings. The molecule has 0 radical (unpaired) electrons. The van der Waals surface area contributed by atoms with E-state index in [1.54, 1.807) is 0 Å². The van der Waals surface area contributed by atoms with E-state index in [9.17, 15) is 0 Å². The summed E-state index contributed by atoms with van der Waals surface area (Å²) in [6.45, 7) is 9.35. The van der Waals surface area contributed by atoms with E-state index < -0.39 is 15.8 Å². The van der Waals surface area contributed by atoms with E-state index in [4.69, 9.17) is 19.4 Å². The van der Waals surface area contributed by atoms with Crippen molar-refractivity contribution in [1.82, 2.24) is 0 Å². The minimum Gasteiger partial charge on any atom is -0.0623 e. The van der Waals surface area contributed by atoms with Crippen LogP contribution in [-0.4, -0.2) is 0 Å². The summed E-state index contributed by atoms with van der Waals surface area (Å²) in [4.78, 5) is 5.71. The maximum atomic E-state index is 4.85. The molecule has 2 heterocycles. The fourth-order valence-electron chi connectivity index (χ4n) is 5.98. The van der Waals surface area contributed by atoms with Crippen LogP contribution in [0.1, 0.15) is 19.5 Å². The van der Waals surface area contributed by atoms with Crippen LogP contribution in [0.25, 0.3) is 11.1 Å². The normalized spacial score (nSPS) is 10.8. The first-order valence-electron chi connectivity index (χ1n) is 15.8. The Morgan fingerprint density at radius 1 is 0.367 bits per heavy atom. The van der Waals surface area contributed by atoms with Crippen LogP contribution in [0.2, 0.25) is 0 Å². The van der Waals surface area contributed by atoms with Crippen LogP contribution >= 0.6 is 57.9 Å². The molecule has 0 aliphatic carbocycles. The van der Waals surface area contributed by atoms with E-state index in [-0.39, 0.29) is 15.1 Å². The summed E-state index contributed by atoms with van der Waals surface area (Å²) < 4.78 is 0. The first kappa shape index (κ1) is 37.8. The van der Waals surface area contributed by atoms with Gasteiger partial charge < -0.3 is 0 Å². The molecule has 250 valence electrons. The molecule has 7 rings (SSSR count). The van der Waals surface area contributed by atoms with Crippen molar-refractivity contribution >= 4 is 89.7 Å². The van der Waals surface area contributed by atoms with Gasteiger partial charge in [-0.25, -0.2) is 0 Å². The predicted octanol–water partition coefficient (Wildman–Crippen LogP) is 11.3. The van der Waals surface area contributed by atoms with E-state index in [2.05, 4.69) is 149 Å². The Labute approximate surface area is 318 Å². The first-order valence-corrected chi connectivity index (χ1v) is 24.6. The standard InChI is InChI=1S/C36H32P2S2.C6H6.2ClH.Ru/c1-25-33(35(27(3)39-25)37(29-17-9-5-10-18-29)30-19-11-6-12-20-30)34-26(2)40-28(4)36(34)38(31-21-13-7-14-22-31)32-23-15-8-16-24-32;1-2-4-6-5-3-1;;;/h5-24H,1-4H3;1-6H;2*1H;/q;;;;+2/p-2. The third kappa shape index (κ3) is 9.47. The molecule has 0 N–H and O–H groups in total. The number of halogens is 2. The van der Waals surface area contributed by atoms with Gasteiger partial charge in [-0.05, 0) is 64.8 Å². The Morgan fingerprint density at radius 2 is 0.571 bits per heavy atom. The van der Waals surface area contributed by atoms with Crippen molar-refractivity contribution in [3.8, 4) is 11.1 Å². The zero-order valence-electron chi connectivity index (χ0n) is 27.8. The SMILES string of the molecule is Cc1sc(C)c(P(c2ccccc2)c2ccccc2)c1-c1c(C)sc(C)c1P(c1ccccc1)c1ccccc1.[Cl][Ru][Cl].c1ccccc1. The summed E-state index contributed by atoms with van der Waals surface area (Å²) in [5, 5.41) is 8.67. The number of thiophene rings is 2. The van der Waals surface area contributed by atoms with E-state index in [0.29, 0.717) is 0 Å². The van der Waals surface area contributed by atoms with Crippen LogP contribution in [-0.2, 0) is 15.1 Å². The molecule has 2 aromatic heterocycles. The van der Waals surface area contributed by atoms with Crippen LogP contribution in [0.5, 0.6) is 0 Å². The molecule has 0 nitrogen and oxygen atoms in total. The number of rotatable bonds is 7. The van der Waals surface area contributed by atoms with Crippen LogP contribution in [0, 0.1) is 27.7 Å². The van der Waals surface area contributed by atoms with Crippen molar-refractivity contribution < 1.29 is 15.1 Å². The molecule has 0 spiro atoms. The van der Waals surface area contributed by atoms with E-state index in [0.717, 1.165) is 0 Å². The number of benzene rings is 5. The minimum absolute atomic E-state index is 0.346. The van der Waals surface area contributed by atoms with E-state index in [1.807, 2.05) is 59.1 Å². The Bertz CT molecular complexity index is 1760. The van der Waals surface area contributed by atoms with Crippen molar-refractivity contribution in [2.24, 2.45) is 0 Å². The quantitative estimate of drug-likeness (QED) is 0.111. The topological polar surface area (TPSA) is 0 Å². The monoisotopic (exact) mass is 840 g/mol. The van der Waals surface area contributed by atoms with Crippen molar-refractivity contribution in [1.29, 1.82) is 0 Å². The molecule has 7 heteroatoms. The Hall–Kier alpha value is -2.44. The van der Waals surface area contributed by atoms with Gasteiger partial charge in [0.25, 0.3) is 0 Å². The third-order valence-electron chi connectivity index (χ3n) is 7.88. The average Bonchev–Trinajstić information content (AvgIpc) is 3.59. The van der Waals surface area contributed by atoms with Crippen molar-refractivity contribution in [2.75, 3.05) is 0 Å². The fraction of sp³-hybridized carbons (Fsp3) is 0.0952. The van der Waals surface area contributed by atoms with Crippen LogP contribution in [0.4, 0.5) is 0 Å². The van der Waals surface area contributed by atoms with Crippen LogP contribution in [0.3, 0.4) is 0 Å². The third-order valence-corrected chi connectivity index (χ3v) is 15.5. The summed E-state index contributed by atoms with van der Waals surface area (Å²) in [5.41, 5.74) is 2.94. The van der Waals surface area contributed by atoms with Gasteiger partial charge in [0.2, 0.25) is 0 Å². The molecule has 0 atom stereocenters. The molecule has 0 amide bonds. The van der Waals surface area contributed by atoms with Crippen molar-refractivity contribution in [2.45, 2.75) is 27.7 Å². The van der Waals surface area contributed by atoms with Gasteiger partial charge in [0, 0.05) is 41.2 Å². The molecular weight excluding hydrogens is 803 g/mol. The summed E-state index contributed by atoms with van der Waals surface area (Å²) >= 11 is 3.59. The van der Waals surface area contributed by atoms with Gasteiger partial charge in [-0.2, -0.15) is 0 Å². The average molecular weight is 841 g/mol. The summed E-state index contributed by atoms with van der Waals surface area (Å²) in [5.74, 6) is 0. The van der Waals surface area contributed by atoms with Gasteiger partial charge in [-0.3, -0.25) is 0 Å². The molecule has 0 aliphatic heterocycles. The zero-order valence-corrected chi connectivity index (χ0v) is 34.5. The summed E-state index contributed by atoms with van der Waals surface area (Å²) in [6, 6.07) is 56.6. The number of hydrogen-bond acceptors (Lipinski definition) is 2. The van der Waals surface area contributed by atoms with Gasteiger partial charge in [0.05, 0.1) is 0 Å². The molecule has 49 heavy (non-hydrogen) atoms. The fourth-order valence-corrected chi connectivity index (χ4v) is 14.0. The van der Waals surface area contributed by atoms with Gasteiger partial charge in [0.1, 0.15) is 0 Å². The van der Waals surface area contributed by atoms with E-state index >= 15 is 0 Å². The molecule has 0 fully saturated rings. The maximum Gasteiger partial charge on any atom is -0.0623 e. The van der Waals surface area contributed by atoms with Gasteiger partial charge in [-0.15, -0.1) is 22.7 Å². The smallest absolute Gasteiger partial charge is 0.0623 e. The van der Waals surface area contributed by atoms with E-state index in [1.165, 1.54) is 62.5 Å². The second-order valence-electron chi connectivity index (χ2n) is 11.1. The molecule has 0 unspecified atom stereocenters. The molecule has 0 aliphatic rings. The van der Waals surface area contributed by atoms with Crippen molar-refractivity contribution in [3.05, 3.63) is 177 Å². The van der Waals surface area contributed by atoms with Crippen molar-refractivity contribution in [3.63, 3.8) is 0 Å². The zero-order chi connectivity index (χ0) is 34.6. The second kappa shape index (κ2) is 19.2. The molecule has 0 bridgehead atoms. The predicted molar refractivity (Wildman–Crippen MR) is 222 cm³/mol. The Kier molecular flexibility index (Phi) is 14.9. The number of hydrogen-bond donors (Lipinski definition) is 0. The largest absolute Gasteiger partial charge is 0.0623 e. The molecular formula is C42H38Cl2P2RuS2. The van der Waals surface area contributed by atoms with Gasteiger partial charge in [0.15, 0.2) is 0 Å². The van der Waals surface area contributed by atoms with Gasteiger partial charge in [-0.1, -0.05) is 158 Å². The van der Waals surface area contributed by atoms with Crippen LogP contribution in [0.15, 0.2) is 158 Å². The Morgan fingerprint density at radius 3 is 0.796 bits per heavy atom. The molecule has 5 aromatic carbocycles. The second-order valence-corrected chi connectivity index (χ2v) is 20.9. The maximum absolute atomic E-state index is 4.85. The van der Waals surface area contributed by atoms with Crippen LogP contribution < -0.4 is 31.8 Å². The first-order chi connectivity index (χ1) is 24.0. The summed E-state index contributed by atoms with van der Waals surface area (Å²) in [6.07, 6.45) is 0. The summed E-state index contributed by atoms with van der Waals surface area (Å²) in [7, 11) is 8.28. The van der Waals surface area contributed by atoms with Gasteiger partial charge >= 0.3 is 34.5 Å². The number of aryl methyl sites for hydroxylation is 4. The Balaban J connectivity index is 0.000000458. The molecule has 0 saturated carbocycles. The molecule has 0 saturated heterocycles. The minimum atomic E-state index is -0.711.